The number of nitrogens with zero attached hydrogens (tertiary/aromatic N) is 3. The number of hydrogen-bond donors (Lipinski definition) is 2. The molecule has 6 nitrogen and oxygen atoms in total. The van der Waals surface area contributed by atoms with E-state index >= 15 is 0 Å². The highest BCUT2D eigenvalue weighted by Gasteiger charge is 2.18. The predicted octanol–water partition coefficient (Wildman–Crippen LogP) is 3.46. The van der Waals surface area contributed by atoms with Crippen molar-refractivity contribution in [2.45, 2.75) is 20.0 Å². The maximum absolute atomic E-state index is 14.7. The smallest absolute Gasteiger partial charge is 0.191 e. The second-order valence-electron chi connectivity index (χ2n) is 7.34. The van der Waals surface area contributed by atoms with Crippen molar-refractivity contribution in [3.63, 3.8) is 0 Å². The molecule has 1 fully saturated rings. The van der Waals surface area contributed by atoms with Crippen LogP contribution in [0, 0.1) is 5.82 Å². The Hall–Kier alpha value is -2.07. The third kappa shape index (κ3) is 7.24. The zero-order valence-electron chi connectivity index (χ0n) is 18.5. The molecule has 0 unspecified atom stereocenters. The highest BCUT2D eigenvalue weighted by Crippen LogP contribution is 2.22. The highest BCUT2D eigenvalue weighted by atomic mass is 127. The largest absolute Gasteiger partial charge is 0.497 e. The molecule has 2 N–H and O–H groups in total. The van der Waals surface area contributed by atoms with E-state index in [0.29, 0.717) is 24.7 Å². The fourth-order valence-corrected chi connectivity index (χ4v) is 3.60. The molecule has 0 atom stereocenters. The lowest BCUT2D eigenvalue weighted by atomic mass is 10.1. The number of methoxy groups -OCH3 is 1. The molecule has 0 radical (unpaired) electrons. The molecule has 1 aliphatic rings. The summed E-state index contributed by atoms with van der Waals surface area (Å²) in [6.45, 7) is 8.02. The van der Waals surface area contributed by atoms with Gasteiger partial charge in [0.2, 0.25) is 0 Å². The van der Waals surface area contributed by atoms with Crippen LogP contribution in [0.3, 0.4) is 0 Å². The molecule has 2 aromatic rings. The molecular weight excluding hydrogens is 508 g/mol. The SMILES string of the molecule is CCN1CCN(c2ccc(CNC(=NC)NCc3cccc(OC)c3)cc2F)CC1.I. The molecular formula is C23H33FIN5O. The molecule has 0 aromatic heterocycles. The number of likely N-dealkylation sites (N-methyl/N-ethyl adjacent to an activating group) is 1. The van der Waals surface area contributed by atoms with Gasteiger partial charge in [-0.2, -0.15) is 0 Å². The quantitative estimate of drug-likeness (QED) is 0.320. The molecule has 0 aliphatic carbocycles. The summed E-state index contributed by atoms with van der Waals surface area (Å²) in [6, 6.07) is 13.4. The number of halogens is 2. The predicted molar refractivity (Wildman–Crippen MR) is 136 cm³/mol. The van der Waals surface area contributed by atoms with E-state index in [-0.39, 0.29) is 29.8 Å². The molecule has 1 saturated heterocycles. The van der Waals surface area contributed by atoms with Crippen molar-refractivity contribution in [2.75, 3.05) is 51.8 Å². The Labute approximate surface area is 201 Å². The summed E-state index contributed by atoms with van der Waals surface area (Å²) in [5, 5.41) is 6.52. The van der Waals surface area contributed by atoms with Crippen LogP contribution in [0.15, 0.2) is 47.5 Å². The van der Waals surface area contributed by atoms with Gasteiger partial charge in [0.15, 0.2) is 5.96 Å². The van der Waals surface area contributed by atoms with Crippen molar-refractivity contribution < 1.29 is 9.13 Å². The minimum Gasteiger partial charge on any atom is -0.497 e. The Morgan fingerprint density at radius 3 is 2.29 bits per heavy atom. The summed E-state index contributed by atoms with van der Waals surface area (Å²) in [7, 11) is 3.38. The van der Waals surface area contributed by atoms with Gasteiger partial charge in [-0.3, -0.25) is 4.99 Å². The first-order valence-corrected chi connectivity index (χ1v) is 10.5. The lowest BCUT2D eigenvalue weighted by Gasteiger charge is -2.35. The number of piperazine rings is 1. The molecule has 3 rings (SSSR count). The molecule has 0 spiro atoms. The average Bonchev–Trinajstić information content (AvgIpc) is 2.79. The molecule has 8 heteroatoms. The van der Waals surface area contributed by atoms with Crippen LogP contribution >= 0.6 is 24.0 Å². The second-order valence-corrected chi connectivity index (χ2v) is 7.34. The van der Waals surface area contributed by atoms with E-state index < -0.39 is 0 Å². The van der Waals surface area contributed by atoms with Crippen LogP contribution in [0.1, 0.15) is 18.1 Å². The van der Waals surface area contributed by atoms with Crippen LogP contribution in [-0.4, -0.2) is 57.7 Å². The molecule has 2 aromatic carbocycles. The summed E-state index contributed by atoms with van der Waals surface area (Å²) in [5.41, 5.74) is 2.67. The van der Waals surface area contributed by atoms with Gasteiger partial charge in [-0.15, -0.1) is 24.0 Å². The number of benzene rings is 2. The van der Waals surface area contributed by atoms with Crippen molar-refractivity contribution in [2.24, 2.45) is 4.99 Å². The van der Waals surface area contributed by atoms with Crippen molar-refractivity contribution in [3.05, 3.63) is 59.4 Å². The third-order valence-corrected chi connectivity index (χ3v) is 5.45. The Kier molecular flexibility index (Phi) is 10.3. The van der Waals surface area contributed by atoms with Gasteiger partial charge in [-0.1, -0.05) is 25.1 Å². The number of hydrogen-bond acceptors (Lipinski definition) is 4. The van der Waals surface area contributed by atoms with Crippen LogP contribution in [0.4, 0.5) is 10.1 Å². The fourth-order valence-electron chi connectivity index (χ4n) is 3.60. The van der Waals surface area contributed by atoms with Gasteiger partial charge >= 0.3 is 0 Å². The van der Waals surface area contributed by atoms with E-state index in [0.717, 1.165) is 49.6 Å². The van der Waals surface area contributed by atoms with Crippen molar-refractivity contribution in [3.8, 4) is 5.75 Å². The molecule has 170 valence electrons. The first kappa shape index (κ1) is 25.2. The van der Waals surface area contributed by atoms with Crippen molar-refractivity contribution in [1.29, 1.82) is 0 Å². The number of ether oxygens (including phenoxy) is 1. The summed E-state index contributed by atoms with van der Waals surface area (Å²) >= 11 is 0. The Balaban J connectivity index is 0.00000341. The standard InChI is InChI=1S/C23H32FN5O.HI/c1-4-28-10-12-29(13-11-28)22-9-8-19(15-21(22)24)17-27-23(25-2)26-16-18-6-5-7-20(14-18)30-3;/h5-9,14-15H,4,10-13,16-17H2,1-3H3,(H2,25,26,27);1H. The first-order chi connectivity index (χ1) is 14.6. The van der Waals surface area contributed by atoms with Gasteiger partial charge in [0.05, 0.1) is 12.8 Å². The Morgan fingerprint density at radius 2 is 1.71 bits per heavy atom. The zero-order valence-corrected chi connectivity index (χ0v) is 20.9. The maximum Gasteiger partial charge on any atom is 0.191 e. The van der Waals surface area contributed by atoms with E-state index in [9.17, 15) is 4.39 Å². The number of anilines is 1. The minimum absolute atomic E-state index is 0. The van der Waals surface area contributed by atoms with Gasteiger partial charge in [0, 0.05) is 46.3 Å². The number of nitrogens with one attached hydrogen (secondary N) is 2. The fraction of sp³-hybridized carbons (Fsp3) is 0.435. The molecule has 1 aliphatic heterocycles. The lowest BCUT2D eigenvalue weighted by Crippen LogP contribution is -2.46. The Bertz CT molecular complexity index is 856. The summed E-state index contributed by atoms with van der Waals surface area (Å²) in [5.74, 6) is 1.32. The van der Waals surface area contributed by atoms with Gasteiger partial charge in [0.1, 0.15) is 11.6 Å². The molecule has 31 heavy (non-hydrogen) atoms. The monoisotopic (exact) mass is 541 g/mol. The van der Waals surface area contributed by atoms with Crippen LogP contribution < -0.4 is 20.3 Å². The van der Waals surface area contributed by atoms with E-state index in [4.69, 9.17) is 4.74 Å². The molecule has 1 heterocycles. The van der Waals surface area contributed by atoms with Gasteiger partial charge in [0.25, 0.3) is 0 Å². The topological polar surface area (TPSA) is 52.1 Å². The zero-order chi connectivity index (χ0) is 21.3. The highest BCUT2D eigenvalue weighted by molar-refractivity contribution is 14.0. The number of aliphatic imine (C=N–C) groups is 1. The molecule has 0 amide bonds. The van der Waals surface area contributed by atoms with E-state index in [1.807, 2.05) is 36.4 Å². The van der Waals surface area contributed by atoms with Crippen molar-refractivity contribution in [1.82, 2.24) is 15.5 Å². The van der Waals surface area contributed by atoms with Crippen LogP contribution in [0.2, 0.25) is 0 Å². The summed E-state index contributed by atoms with van der Waals surface area (Å²) in [4.78, 5) is 8.76. The van der Waals surface area contributed by atoms with E-state index in [1.54, 1.807) is 20.2 Å². The van der Waals surface area contributed by atoms with Crippen LogP contribution in [-0.2, 0) is 13.1 Å². The number of guanidine groups is 1. The maximum atomic E-state index is 14.7. The third-order valence-electron chi connectivity index (χ3n) is 5.45. The van der Waals surface area contributed by atoms with E-state index in [2.05, 4.69) is 32.3 Å². The number of rotatable bonds is 7. The Morgan fingerprint density at radius 1 is 1.03 bits per heavy atom. The van der Waals surface area contributed by atoms with Crippen LogP contribution in [0.5, 0.6) is 5.75 Å². The summed E-state index contributed by atoms with van der Waals surface area (Å²) < 4.78 is 20.0. The summed E-state index contributed by atoms with van der Waals surface area (Å²) in [6.07, 6.45) is 0. The minimum atomic E-state index is -0.168. The second kappa shape index (κ2) is 12.7. The lowest BCUT2D eigenvalue weighted by molar-refractivity contribution is 0.270. The van der Waals surface area contributed by atoms with Gasteiger partial charge in [-0.25, -0.2) is 4.39 Å². The molecule has 0 saturated carbocycles. The van der Waals surface area contributed by atoms with Crippen molar-refractivity contribution >= 4 is 35.6 Å². The van der Waals surface area contributed by atoms with Gasteiger partial charge in [-0.05, 0) is 41.9 Å². The average molecular weight is 541 g/mol. The first-order valence-electron chi connectivity index (χ1n) is 10.5. The normalized spacial score (nSPS) is 14.7. The molecule has 0 bridgehead atoms. The van der Waals surface area contributed by atoms with Crippen LogP contribution in [0.25, 0.3) is 0 Å². The van der Waals surface area contributed by atoms with Gasteiger partial charge < -0.3 is 25.2 Å². The van der Waals surface area contributed by atoms with E-state index in [1.165, 1.54) is 0 Å².